The Kier molecular flexibility index (Phi) is 2.22. The molecule has 0 aromatic carbocycles. The highest BCUT2D eigenvalue weighted by atomic mass is 16.4. The number of hydrogen-bond donors (Lipinski definition) is 3. The van der Waals surface area contributed by atoms with Crippen molar-refractivity contribution in [2.75, 3.05) is 6.61 Å². The first-order chi connectivity index (χ1) is 5.25. The molecule has 0 amide bonds. The van der Waals surface area contributed by atoms with Crippen molar-refractivity contribution in [1.82, 2.24) is 10.2 Å². The van der Waals surface area contributed by atoms with Crippen molar-refractivity contribution >= 4 is 5.97 Å². The van der Waals surface area contributed by atoms with E-state index in [0.717, 1.165) is 0 Å². The number of aromatic nitrogens is 2. The van der Waals surface area contributed by atoms with Crippen LogP contribution in [0.3, 0.4) is 0 Å². The van der Waals surface area contributed by atoms with E-state index in [1.54, 1.807) is 0 Å². The second-order valence-corrected chi connectivity index (χ2v) is 2.04. The van der Waals surface area contributed by atoms with E-state index in [2.05, 4.69) is 10.2 Å². The van der Waals surface area contributed by atoms with Gasteiger partial charge in [-0.25, -0.2) is 4.79 Å². The normalized spacial score (nSPS) is 9.91. The summed E-state index contributed by atoms with van der Waals surface area (Å²) in [7, 11) is 0. The number of carbonyl (C=O) groups is 1. The van der Waals surface area contributed by atoms with Crippen molar-refractivity contribution in [2.24, 2.45) is 0 Å². The lowest BCUT2D eigenvalue weighted by Crippen LogP contribution is -2.01. The summed E-state index contributed by atoms with van der Waals surface area (Å²) in [5, 5.41) is 23.1. The van der Waals surface area contributed by atoms with Gasteiger partial charge >= 0.3 is 5.97 Å². The van der Waals surface area contributed by atoms with Gasteiger partial charge in [-0.1, -0.05) is 0 Å². The van der Waals surface area contributed by atoms with Crippen LogP contribution in [0.1, 0.15) is 16.1 Å². The Balaban J connectivity index is 2.87. The molecule has 0 saturated heterocycles. The topological polar surface area (TPSA) is 86.2 Å². The second-order valence-electron chi connectivity index (χ2n) is 2.04. The Bertz CT molecular complexity index is 256. The van der Waals surface area contributed by atoms with Gasteiger partial charge in [0.25, 0.3) is 0 Å². The molecule has 5 heteroatoms. The van der Waals surface area contributed by atoms with E-state index < -0.39 is 5.97 Å². The van der Waals surface area contributed by atoms with Crippen molar-refractivity contribution < 1.29 is 15.0 Å². The second kappa shape index (κ2) is 3.16. The van der Waals surface area contributed by atoms with Gasteiger partial charge in [0.2, 0.25) is 0 Å². The van der Waals surface area contributed by atoms with Gasteiger partial charge in [0.15, 0.2) is 0 Å². The molecule has 60 valence electrons. The van der Waals surface area contributed by atoms with Gasteiger partial charge in [0.1, 0.15) is 5.56 Å². The van der Waals surface area contributed by atoms with Crippen molar-refractivity contribution in [1.29, 1.82) is 0 Å². The Morgan fingerprint density at radius 3 is 3.00 bits per heavy atom. The van der Waals surface area contributed by atoms with Gasteiger partial charge in [0, 0.05) is 13.0 Å². The number of aromatic carboxylic acids is 1. The molecule has 0 spiro atoms. The smallest absolute Gasteiger partial charge is 0.339 e. The van der Waals surface area contributed by atoms with Crippen LogP contribution < -0.4 is 0 Å². The van der Waals surface area contributed by atoms with Gasteiger partial charge in [0.05, 0.1) is 11.9 Å². The van der Waals surface area contributed by atoms with E-state index in [-0.39, 0.29) is 12.2 Å². The van der Waals surface area contributed by atoms with Crippen molar-refractivity contribution in [2.45, 2.75) is 6.42 Å². The zero-order valence-corrected chi connectivity index (χ0v) is 5.74. The molecule has 0 aliphatic rings. The highest BCUT2D eigenvalue weighted by molar-refractivity contribution is 5.88. The SMILES string of the molecule is O=C(O)c1cn[nH]c1CCO. The zero-order chi connectivity index (χ0) is 8.27. The fourth-order valence-electron chi connectivity index (χ4n) is 0.800. The predicted octanol–water partition coefficient (Wildman–Crippen LogP) is -0.357. The van der Waals surface area contributed by atoms with Crippen LogP contribution in [0.25, 0.3) is 0 Å². The Labute approximate surface area is 62.7 Å². The van der Waals surface area contributed by atoms with Crippen molar-refractivity contribution in [3.8, 4) is 0 Å². The van der Waals surface area contributed by atoms with Gasteiger partial charge < -0.3 is 10.2 Å². The van der Waals surface area contributed by atoms with E-state index in [9.17, 15) is 4.79 Å². The summed E-state index contributed by atoms with van der Waals surface area (Å²) in [6.07, 6.45) is 1.52. The predicted molar refractivity (Wildman–Crippen MR) is 36.3 cm³/mol. The number of carboxylic acid groups (broad SMARTS) is 1. The van der Waals surface area contributed by atoms with E-state index >= 15 is 0 Å². The average Bonchev–Trinajstić information content (AvgIpc) is 2.36. The third-order valence-electron chi connectivity index (χ3n) is 1.31. The number of carboxylic acids is 1. The third-order valence-corrected chi connectivity index (χ3v) is 1.31. The minimum absolute atomic E-state index is 0.0809. The summed E-state index contributed by atoms with van der Waals surface area (Å²) in [4.78, 5) is 10.4. The van der Waals surface area contributed by atoms with E-state index in [4.69, 9.17) is 10.2 Å². The van der Waals surface area contributed by atoms with Crippen molar-refractivity contribution in [3.63, 3.8) is 0 Å². The van der Waals surface area contributed by atoms with Crippen LogP contribution >= 0.6 is 0 Å². The molecular formula is C6H8N2O3. The Morgan fingerprint density at radius 1 is 1.73 bits per heavy atom. The summed E-state index contributed by atoms with van der Waals surface area (Å²) < 4.78 is 0. The van der Waals surface area contributed by atoms with Gasteiger partial charge in [-0.15, -0.1) is 0 Å². The monoisotopic (exact) mass is 156 g/mol. The quantitative estimate of drug-likeness (QED) is 0.558. The van der Waals surface area contributed by atoms with Crippen molar-refractivity contribution in [3.05, 3.63) is 17.5 Å². The molecule has 0 bridgehead atoms. The van der Waals surface area contributed by atoms with E-state index in [0.29, 0.717) is 12.1 Å². The lowest BCUT2D eigenvalue weighted by Gasteiger charge is -1.93. The largest absolute Gasteiger partial charge is 0.478 e. The Morgan fingerprint density at radius 2 is 2.45 bits per heavy atom. The van der Waals surface area contributed by atoms with Crippen LogP contribution in [-0.4, -0.2) is 33.0 Å². The van der Waals surface area contributed by atoms with Crippen LogP contribution in [0.4, 0.5) is 0 Å². The molecule has 1 rings (SSSR count). The summed E-state index contributed by atoms with van der Waals surface area (Å²) in [6.45, 7) is -0.0809. The first-order valence-electron chi connectivity index (χ1n) is 3.12. The third kappa shape index (κ3) is 1.56. The van der Waals surface area contributed by atoms with Crippen LogP contribution in [-0.2, 0) is 6.42 Å². The first-order valence-corrected chi connectivity index (χ1v) is 3.12. The molecule has 0 aliphatic carbocycles. The van der Waals surface area contributed by atoms with Crippen LogP contribution in [0.2, 0.25) is 0 Å². The van der Waals surface area contributed by atoms with E-state index in [1.165, 1.54) is 6.20 Å². The minimum atomic E-state index is -1.03. The first kappa shape index (κ1) is 7.74. The molecule has 0 atom stereocenters. The van der Waals surface area contributed by atoms with Crippen LogP contribution in [0.15, 0.2) is 6.20 Å². The minimum Gasteiger partial charge on any atom is -0.478 e. The molecular weight excluding hydrogens is 148 g/mol. The molecule has 0 unspecified atom stereocenters. The van der Waals surface area contributed by atoms with Gasteiger partial charge in [-0.3, -0.25) is 5.10 Å². The lowest BCUT2D eigenvalue weighted by molar-refractivity contribution is 0.0695. The molecule has 11 heavy (non-hydrogen) atoms. The summed E-state index contributed by atoms with van der Waals surface area (Å²) in [6, 6.07) is 0. The van der Waals surface area contributed by atoms with E-state index in [1.807, 2.05) is 0 Å². The van der Waals surface area contributed by atoms with Gasteiger partial charge in [-0.2, -0.15) is 5.10 Å². The van der Waals surface area contributed by atoms with Gasteiger partial charge in [-0.05, 0) is 0 Å². The molecule has 0 saturated carbocycles. The lowest BCUT2D eigenvalue weighted by atomic mass is 10.2. The number of rotatable bonds is 3. The number of aromatic amines is 1. The number of hydrogen-bond acceptors (Lipinski definition) is 3. The average molecular weight is 156 g/mol. The number of aliphatic hydroxyl groups is 1. The number of H-pyrrole nitrogens is 1. The number of nitrogens with one attached hydrogen (secondary N) is 1. The zero-order valence-electron chi connectivity index (χ0n) is 5.74. The maximum Gasteiger partial charge on any atom is 0.339 e. The molecule has 0 aliphatic heterocycles. The molecule has 5 nitrogen and oxygen atoms in total. The standard InChI is InChI=1S/C6H8N2O3/c9-2-1-5-4(6(10)11)3-7-8-5/h3,9H,1-2H2,(H,7,8)(H,10,11). The maximum atomic E-state index is 10.4. The number of nitrogens with zero attached hydrogens (tertiary/aromatic N) is 1. The molecule has 1 aromatic heterocycles. The summed E-state index contributed by atoms with van der Waals surface area (Å²) >= 11 is 0. The number of aliphatic hydroxyl groups excluding tert-OH is 1. The highest BCUT2D eigenvalue weighted by Crippen LogP contribution is 2.03. The van der Waals surface area contributed by atoms with Crippen LogP contribution in [0.5, 0.6) is 0 Å². The fourth-order valence-corrected chi connectivity index (χ4v) is 0.800. The summed E-state index contributed by atoms with van der Waals surface area (Å²) in [5.41, 5.74) is 0.582. The van der Waals surface area contributed by atoms with Crippen LogP contribution in [0, 0.1) is 0 Å². The Hall–Kier alpha value is -1.36. The molecule has 1 aromatic rings. The molecule has 3 N–H and O–H groups in total. The maximum absolute atomic E-state index is 10.4. The highest BCUT2D eigenvalue weighted by Gasteiger charge is 2.10. The molecule has 1 heterocycles. The molecule has 0 radical (unpaired) electrons. The fraction of sp³-hybridized carbons (Fsp3) is 0.333. The summed E-state index contributed by atoms with van der Waals surface area (Å²) in [5.74, 6) is -1.03. The molecule has 0 fully saturated rings.